The van der Waals surface area contributed by atoms with Gasteiger partial charge in [0.15, 0.2) is 0 Å². The first-order chi connectivity index (χ1) is 9.16. The Morgan fingerprint density at radius 3 is 3.00 bits per heavy atom. The number of ether oxygens (including phenoxy) is 1. The van der Waals surface area contributed by atoms with Crippen LogP contribution in [0.25, 0.3) is 0 Å². The van der Waals surface area contributed by atoms with Crippen LogP contribution in [-0.4, -0.2) is 70.7 Å². The van der Waals surface area contributed by atoms with Crippen molar-refractivity contribution in [1.82, 2.24) is 19.4 Å². The second-order valence-corrected chi connectivity index (χ2v) is 5.42. The summed E-state index contributed by atoms with van der Waals surface area (Å²) >= 11 is 0. The Kier molecular flexibility index (Phi) is 3.28. The summed E-state index contributed by atoms with van der Waals surface area (Å²) in [6, 6.07) is 0.162. The first-order valence-electron chi connectivity index (χ1n) is 6.74. The van der Waals surface area contributed by atoms with Crippen molar-refractivity contribution in [2.45, 2.75) is 18.6 Å². The second-order valence-electron chi connectivity index (χ2n) is 5.42. The molecule has 6 nitrogen and oxygen atoms in total. The van der Waals surface area contributed by atoms with Crippen molar-refractivity contribution in [3.05, 3.63) is 18.2 Å². The number of amides is 1. The molecule has 2 saturated heterocycles. The third-order valence-electron chi connectivity index (χ3n) is 4.08. The molecule has 3 heterocycles. The van der Waals surface area contributed by atoms with E-state index in [0.29, 0.717) is 18.8 Å². The van der Waals surface area contributed by atoms with Crippen molar-refractivity contribution < 1.29 is 9.53 Å². The number of aromatic nitrogens is 2. The van der Waals surface area contributed by atoms with Crippen molar-refractivity contribution in [2.75, 3.05) is 33.3 Å². The van der Waals surface area contributed by atoms with Gasteiger partial charge in [0.1, 0.15) is 5.69 Å². The molecule has 1 aromatic heterocycles. The Hall–Kier alpha value is -1.40. The fraction of sp³-hybridized carbons (Fsp3) is 0.692. The lowest BCUT2D eigenvalue weighted by atomic mass is 9.99. The highest BCUT2D eigenvalue weighted by Gasteiger charge is 2.39. The van der Waals surface area contributed by atoms with Gasteiger partial charge in [0, 0.05) is 26.7 Å². The van der Waals surface area contributed by atoms with Gasteiger partial charge in [-0.3, -0.25) is 4.79 Å². The summed E-state index contributed by atoms with van der Waals surface area (Å²) in [6.45, 7) is 3.22. The molecule has 0 aromatic carbocycles. The van der Waals surface area contributed by atoms with Crippen LogP contribution in [0.1, 0.15) is 16.9 Å². The minimum Gasteiger partial charge on any atom is -0.374 e. The van der Waals surface area contributed by atoms with Crippen molar-refractivity contribution >= 4 is 5.91 Å². The zero-order valence-electron chi connectivity index (χ0n) is 11.5. The van der Waals surface area contributed by atoms with E-state index in [2.05, 4.69) is 16.9 Å². The van der Waals surface area contributed by atoms with Crippen LogP contribution in [0.2, 0.25) is 0 Å². The number of likely N-dealkylation sites (tertiary alicyclic amines) is 1. The highest BCUT2D eigenvalue weighted by molar-refractivity contribution is 5.92. The van der Waals surface area contributed by atoms with E-state index in [-0.39, 0.29) is 18.1 Å². The van der Waals surface area contributed by atoms with Crippen molar-refractivity contribution in [3.8, 4) is 0 Å². The summed E-state index contributed by atoms with van der Waals surface area (Å²) in [5.74, 6) is 0.0635. The van der Waals surface area contributed by atoms with Crippen LogP contribution in [0.5, 0.6) is 0 Å². The Labute approximate surface area is 113 Å². The summed E-state index contributed by atoms with van der Waals surface area (Å²) < 4.78 is 7.59. The van der Waals surface area contributed by atoms with Crippen molar-refractivity contribution in [3.63, 3.8) is 0 Å². The predicted molar refractivity (Wildman–Crippen MR) is 69.9 cm³/mol. The van der Waals surface area contributed by atoms with E-state index in [1.54, 1.807) is 17.1 Å². The molecular weight excluding hydrogens is 244 g/mol. The number of rotatable bonds is 1. The average Bonchev–Trinajstić information content (AvgIpc) is 2.83. The Balaban J connectivity index is 1.82. The highest BCUT2D eigenvalue weighted by Crippen LogP contribution is 2.23. The number of aryl methyl sites for hydroxylation is 1. The monoisotopic (exact) mass is 264 g/mol. The van der Waals surface area contributed by atoms with Crippen LogP contribution in [0, 0.1) is 0 Å². The maximum absolute atomic E-state index is 12.6. The van der Waals surface area contributed by atoms with E-state index >= 15 is 0 Å². The number of hydrogen-bond donors (Lipinski definition) is 0. The van der Waals surface area contributed by atoms with Gasteiger partial charge >= 0.3 is 0 Å². The first-order valence-corrected chi connectivity index (χ1v) is 6.74. The van der Waals surface area contributed by atoms with Gasteiger partial charge in [0.2, 0.25) is 0 Å². The quantitative estimate of drug-likeness (QED) is 0.714. The van der Waals surface area contributed by atoms with E-state index < -0.39 is 0 Å². The molecule has 0 aliphatic carbocycles. The summed E-state index contributed by atoms with van der Waals surface area (Å²) in [4.78, 5) is 20.9. The zero-order valence-corrected chi connectivity index (χ0v) is 11.5. The van der Waals surface area contributed by atoms with Gasteiger partial charge in [-0.2, -0.15) is 0 Å². The summed E-state index contributed by atoms with van der Waals surface area (Å²) in [5, 5.41) is 0. The molecule has 2 fully saturated rings. The van der Waals surface area contributed by atoms with Crippen LogP contribution in [0.4, 0.5) is 0 Å². The molecule has 1 amide bonds. The number of imidazole rings is 1. The predicted octanol–water partition coefficient (Wildman–Crippen LogP) is -0.0348. The second kappa shape index (κ2) is 4.94. The molecule has 19 heavy (non-hydrogen) atoms. The van der Waals surface area contributed by atoms with E-state index in [1.165, 1.54) is 0 Å². The van der Waals surface area contributed by atoms with Crippen LogP contribution in [-0.2, 0) is 11.8 Å². The molecule has 2 atom stereocenters. The van der Waals surface area contributed by atoms with E-state index in [0.717, 1.165) is 19.5 Å². The van der Waals surface area contributed by atoms with Gasteiger partial charge in [-0.15, -0.1) is 0 Å². The third kappa shape index (κ3) is 2.26. The van der Waals surface area contributed by atoms with Gasteiger partial charge in [-0.25, -0.2) is 4.98 Å². The molecule has 2 aliphatic rings. The molecule has 0 radical (unpaired) electrons. The van der Waals surface area contributed by atoms with Gasteiger partial charge in [0.25, 0.3) is 5.91 Å². The highest BCUT2D eigenvalue weighted by atomic mass is 16.5. The van der Waals surface area contributed by atoms with E-state index in [9.17, 15) is 4.79 Å². The number of hydrogen-bond acceptors (Lipinski definition) is 4. The molecule has 0 N–H and O–H groups in total. The first kappa shape index (κ1) is 12.6. The molecule has 0 bridgehead atoms. The molecule has 1 aromatic rings. The Morgan fingerprint density at radius 1 is 1.42 bits per heavy atom. The van der Waals surface area contributed by atoms with Crippen molar-refractivity contribution in [2.24, 2.45) is 7.05 Å². The lowest BCUT2D eigenvalue weighted by molar-refractivity contribution is -0.0871. The molecule has 6 heteroatoms. The Bertz CT molecular complexity index is 473. The number of carbonyl (C=O) groups excluding carboxylic acids is 1. The lowest BCUT2D eigenvalue weighted by Gasteiger charge is -2.46. The number of nitrogens with zero attached hydrogens (tertiary/aromatic N) is 4. The van der Waals surface area contributed by atoms with Gasteiger partial charge < -0.3 is 19.1 Å². The molecule has 0 unspecified atom stereocenters. The summed E-state index contributed by atoms with van der Waals surface area (Å²) in [7, 11) is 3.95. The fourth-order valence-corrected chi connectivity index (χ4v) is 2.99. The van der Waals surface area contributed by atoms with Crippen LogP contribution in [0.3, 0.4) is 0 Å². The molecular formula is C13H20N4O2. The van der Waals surface area contributed by atoms with E-state index in [4.69, 9.17) is 4.74 Å². The van der Waals surface area contributed by atoms with Crippen LogP contribution in [0.15, 0.2) is 12.5 Å². The van der Waals surface area contributed by atoms with Crippen LogP contribution < -0.4 is 0 Å². The third-order valence-corrected chi connectivity index (χ3v) is 4.08. The smallest absolute Gasteiger partial charge is 0.272 e. The minimum absolute atomic E-state index is 0.0635. The van der Waals surface area contributed by atoms with Crippen molar-refractivity contribution in [1.29, 1.82) is 0 Å². The standard InChI is InChI=1S/C13H20N4O2/c1-15-4-3-12-11(8-15)17(5-6-19-12)13(18)10-7-14-9-16(10)2/h7,9,11-12H,3-6,8H2,1-2H3/t11-,12+/m0/s1. The molecule has 104 valence electrons. The average molecular weight is 264 g/mol. The number of fused-ring (bicyclic) bond motifs is 1. The molecule has 3 rings (SSSR count). The number of carbonyl (C=O) groups is 1. The summed E-state index contributed by atoms with van der Waals surface area (Å²) in [5.41, 5.74) is 0.647. The van der Waals surface area contributed by atoms with Gasteiger partial charge in [-0.1, -0.05) is 0 Å². The van der Waals surface area contributed by atoms with Crippen LogP contribution >= 0.6 is 0 Å². The number of likely N-dealkylation sites (N-methyl/N-ethyl adjacent to an activating group) is 1. The maximum atomic E-state index is 12.6. The normalized spacial score (nSPS) is 28.2. The van der Waals surface area contributed by atoms with Gasteiger partial charge in [-0.05, 0) is 13.5 Å². The topological polar surface area (TPSA) is 50.6 Å². The molecule has 2 aliphatic heterocycles. The Morgan fingerprint density at radius 2 is 2.26 bits per heavy atom. The fourth-order valence-electron chi connectivity index (χ4n) is 2.99. The van der Waals surface area contributed by atoms with E-state index in [1.807, 2.05) is 11.9 Å². The summed E-state index contributed by atoms with van der Waals surface area (Å²) in [6.07, 6.45) is 4.48. The largest absolute Gasteiger partial charge is 0.374 e. The lowest BCUT2D eigenvalue weighted by Crippen LogP contribution is -2.60. The SMILES string of the molecule is CN1CC[C@H]2OCCN(C(=O)c3cncn3C)[C@H]2C1. The maximum Gasteiger partial charge on any atom is 0.272 e. The number of piperidine rings is 1. The van der Waals surface area contributed by atoms with Gasteiger partial charge in [0.05, 0.1) is 31.3 Å². The zero-order chi connectivity index (χ0) is 13.4. The minimum atomic E-state index is 0.0635. The molecule has 0 saturated carbocycles. The number of morpholine rings is 1. The molecule has 0 spiro atoms.